The first-order chi connectivity index (χ1) is 9.60. The van der Waals surface area contributed by atoms with E-state index >= 15 is 0 Å². The minimum absolute atomic E-state index is 0.576. The van der Waals surface area contributed by atoms with Gasteiger partial charge in [0.2, 0.25) is 17.8 Å². The van der Waals surface area contributed by atoms with Crippen molar-refractivity contribution >= 4 is 17.8 Å². The lowest BCUT2D eigenvalue weighted by molar-refractivity contribution is 0.506. The van der Waals surface area contributed by atoms with Gasteiger partial charge in [0.15, 0.2) is 0 Å². The second kappa shape index (κ2) is 6.23. The number of nitrogens with zero attached hydrogens (tertiary/aromatic N) is 5. The van der Waals surface area contributed by atoms with Crippen LogP contribution in [0.25, 0.3) is 0 Å². The van der Waals surface area contributed by atoms with Crippen LogP contribution >= 0.6 is 0 Å². The predicted molar refractivity (Wildman–Crippen MR) is 79.1 cm³/mol. The molecule has 2 heterocycles. The van der Waals surface area contributed by atoms with Crippen LogP contribution in [0.5, 0.6) is 0 Å². The smallest absolute Gasteiger partial charge is 0.232 e. The van der Waals surface area contributed by atoms with Crippen molar-refractivity contribution in [3.05, 3.63) is 24.2 Å². The molecule has 0 atom stereocenters. The van der Waals surface area contributed by atoms with E-state index in [1.165, 1.54) is 0 Å². The molecule has 2 aromatic heterocycles. The van der Waals surface area contributed by atoms with Crippen LogP contribution in [-0.4, -0.2) is 42.6 Å². The molecule has 0 fully saturated rings. The minimum atomic E-state index is 0.576. The summed E-state index contributed by atoms with van der Waals surface area (Å²) in [6, 6.07) is 3.79. The zero-order valence-corrected chi connectivity index (χ0v) is 12.3. The predicted octanol–water partition coefficient (Wildman–Crippen LogP) is 1.60. The molecule has 0 aliphatic carbocycles. The third kappa shape index (κ3) is 3.37. The van der Waals surface area contributed by atoms with Crippen LogP contribution in [0.4, 0.5) is 17.8 Å². The molecule has 108 valence electrons. The molecule has 0 unspecified atom stereocenters. The second-order valence-electron chi connectivity index (χ2n) is 4.62. The quantitative estimate of drug-likeness (QED) is 0.859. The molecule has 0 amide bonds. The maximum atomic E-state index is 5.34. The van der Waals surface area contributed by atoms with Crippen LogP contribution in [0.2, 0.25) is 0 Å². The van der Waals surface area contributed by atoms with E-state index in [4.69, 9.17) is 4.42 Å². The van der Waals surface area contributed by atoms with E-state index < -0.39 is 0 Å². The van der Waals surface area contributed by atoms with E-state index in [0.29, 0.717) is 24.4 Å². The van der Waals surface area contributed by atoms with Crippen LogP contribution in [0.15, 0.2) is 22.8 Å². The Hall–Kier alpha value is -2.31. The van der Waals surface area contributed by atoms with Gasteiger partial charge in [0, 0.05) is 27.7 Å². The van der Waals surface area contributed by atoms with Gasteiger partial charge in [-0.25, -0.2) is 0 Å². The van der Waals surface area contributed by atoms with E-state index in [0.717, 1.165) is 12.3 Å². The normalized spacial score (nSPS) is 10.4. The van der Waals surface area contributed by atoms with Gasteiger partial charge in [-0.2, -0.15) is 15.0 Å². The van der Waals surface area contributed by atoms with Gasteiger partial charge in [-0.15, -0.1) is 0 Å². The Bertz CT molecular complexity index is 540. The lowest BCUT2D eigenvalue weighted by Crippen LogP contribution is -2.22. The van der Waals surface area contributed by atoms with Gasteiger partial charge in [0.05, 0.1) is 12.8 Å². The summed E-state index contributed by atoms with van der Waals surface area (Å²) in [5.74, 6) is 2.67. The van der Waals surface area contributed by atoms with Gasteiger partial charge in [-0.05, 0) is 19.1 Å². The molecule has 0 bridgehead atoms. The molecule has 0 radical (unpaired) electrons. The molecule has 0 aliphatic heterocycles. The fourth-order valence-electron chi connectivity index (χ4n) is 1.67. The van der Waals surface area contributed by atoms with Gasteiger partial charge < -0.3 is 19.5 Å². The molecule has 0 saturated carbocycles. The molecule has 1 N–H and O–H groups in total. The van der Waals surface area contributed by atoms with Gasteiger partial charge in [0.1, 0.15) is 5.76 Å². The van der Waals surface area contributed by atoms with Gasteiger partial charge in [-0.3, -0.25) is 0 Å². The van der Waals surface area contributed by atoms with E-state index in [-0.39, 0.29) is 0 Å². The summed E-state index contributed by atoms with van der Waals surface area (Å²) in [6.45, 7) is 3.37. The Balaban J connectivity index is 2.24. The molecule has 0 aliphatic rings. The van der Waals surface area contributed by atoms with Crippen LogP contribution in [0.1, 0.15) is 12.7 Å². The van der Waals surface area contributed by atoms with Crippen LogP contribution in [-0.2, 0) is 6.54 Å². The highest BCUT2D eigenvalue weighted by atomic mass is 16.3. The maximum Gasteiger partial charge on any atom is 0.232 e. The third-order valence-electron chi connectivity index (χ3n) is 2.66. The van der Waals surface area contributed by atoms with Crippen LogP contribution in [0, 0.1) is 0 Å². The van der Waals surface area contributed by atoms with Crippen molar-refractivity contribution in [2.24, 2.45) is 0 Å². The first-order valence-corrected chi connectivity index (χ1v) is 6.51. The standard InChI is InChI=1S/C13H20N6O/c1-5-14-11-15-12(18(2)3)17-13(16-11)19(4)9-10-7-6-8-20-10/h6-8H,5,9H2,1-4H3,(H,14,15,16,17). The molecule has 7 nitrogen and oxygen atoms in total. The van der Waals surface area contributed by atoms with Crippen molar-refractivity contribution in [1.29, 1.82) is 0 Å². The van der Waals surface area contributed by atoms with E-state index in [1.807, 2.05) is 50.0 Å². The lowest BCUT2D eigenvalue weighted by atomic mass is 10.4. The summed E-state index contributed by atoms with van der Waals surface area (Å²) in [5, 5.41) is 3.12. The van der Waals surface area contributed by atoms with E-state index in [2.05, 4.69) is 20.3 Å². The Morgan fingerprint density at radius 3 is 2.50 bits per heavy atom. The summed E-state index contributed by atoms with van der Waals surface area (Å²) in [4.78, 5) is 17.0. The average molecular weight is 276 g/mol. The second-order valence-corrected chi connectivity index (χ2v) is 4.62. The van der Waals surface area contributed by atoms with Crippen molar-refractivity contribution in [3.63, 3.8) is 0 Å². The molecular weight excluding hydrogens is 256 g/mol. The van der Waals surface area contributed by atoms with Crippen molar-refractivity contribution in [2.75, 3.05) is 42.8 Å². The topological polar surface area (TPSA) is 70.3 Å². The number of hydrogen-bond donors (Lipinski definition) is 1. The minimum Gasteiger partial charge on any atom is -0.467 e. The number of anilines is 3. The number of nitrogens with one attached hydrogen (secondary N) is 1. The zero-order chi connectivity index (χ0) is 14.5. The first-order valence-electron chi connectivity index (χ1n) is 6.51. The van der Waals surface area contributed by atoms with E-state index in [1.54, 1.807) is 6.26 Å². The largest absolute Gasteiger partial charge is 0.467 e. The highest BCUT2D eigenvalue weighted by Gasteiger charge is 2.12. The summed E-state index contributed by atoms with van der Waals surface area (Å²) in [6.07, 6.45) is 1.66. The van der Waals surface area contributed by atoms with E-state index in [9.17, 15) is 0 Å². The fourth-order valence-corrected chi connectivity index (χ4v) is 1.67. The molecular formula is C13H20N6O. The Labute approximate surface area is 118 Å². The third-order valence-corrected chi connectivity index (χ3v) is 2.66. The number of furan rings is 1. The first kappa shape index (κ1) is 14.1. The maximum absolute atomic E-state index is 5.34. The fraction of sp³-hybridized carbons (Fsp3) is 0.462. The molecule has 0 spiro atoms. The lowest BCUT2D eigenvalue weighted by Gasteiger charge is -2.19. The van der Waals surface area contributed by atoms with Crippen molar-refractivity contribution in [2.45, 2.75) is 13.5 Å². The molecule has 7 heteroatoms. The van der Waals surface area contributed by atoms with Gasteiger partial charge in [-0.1, -0.05) is 0 Å². The molecule has 20 heavy (non-hydrogen) atoms. The zero-order valence-electron chi connectivity index (χ0n) is 12.3. The molecule has 2 rings (SSSR count). The highest BCUT2D eigenvalue weighted by Crippen LogP contribution is 2.16. The molecule has 0 saturated heterocycles. The Morgan fingerprint density at radius 2 is 1.90 bits per heavy atom. The summed E-state index contributed by atoms with van der Waals surface area (Å²) in [7, 11) is 5.73. The van der Waals surface area contributed by atoms with Gasteiger partial charge >= 0.3 is 0 Å². The number of rotatable bonds is 6. The highest BCUT2D eigenvalue weighted by molar-refractivity contribution is 5.44. The Kier molecular flexibility index (Phi) is 4.39. The van der Waals surface area contributed by atoms with Crippen LogP contribution < -0.4 is 15.1 Å². The molecule has 0 aromatic carbocycles. The van der Waals surface area contributed by atoms with Crippen molar-refractivity contribution in [1.82, 2.24) is 15.0 Å². The average Bonchev–Trinajstić information content (AvgIpc) is 2.91. The number of hydrogen-bond acceptors (Lipinski definition) is 7. The monoisotopic (exact) mass is 276 g/mol. The Morgan fingerprint density at radius 1 is 1.15 bits per heavy atom. The number of aromatic nitrogens is 3. The summed E-state index contributed by atoms with van der Waals surface area (Å²) >= 11 is 0. The summed E-state index contributed by atoms with van der Waals surface area (Å²) in [5.41, 5.74) is 0. The molecule has 2 aromatic rings. The van der Waals surface area contributed by atoms with Gasteiger partial charge in [0.25, 0.3) is 0 Å². The van der Waals surface area contributed by atoms with Crippen molar-refractivity contribution < 1.29 is 4.42 Å². The SMILES string of the molecule is CCNc1nc(N(C)C)nc(N(C)Cc2ccco2)n1. The van der Waals surface area contributed by atoms with Crippen molar-refractivity contribution in [3.8, 4) is 0 Å². The summed E-state index contributed by atoms with van der Waals surface area (Å²) < 4.78 is 5.34. The van der Waals surface area contributed by atoms with Crippen LogP contribution in [0.3, 0.4) is 0 Å².